The second-order valence-electron chi connectivity index (χ2n) is 8.04. The number of likely N-dealkylation sites (tertiary alicyclic amines) is 1. The number of amides is 3. The molecular weight excluding hydrogens is 374 g/mol. The maximum atomic E-state index is 12.6. The van der Waals surface area contributed by atoms with Crippen molar-refractivity contribution in [1.29, 1.82) is 0 Å². The second kappa shape index (κ2) is 10.1. The number of rotatable bonds is 6. The van der Waals surface area contributed by atoms with Crippen LogP contribution in [-0.4, -0.2) is 61.2 Å². The number of nitrogens with zero attached hydrogens (tertiary/aromatic N) is 1. The van der Waals surface area contributed by atoms with Crippen LogP contribution in [0.3, 0.4) is 0 Å². The maximum Gasteiger partial charge on any atom is 0.407 e. The van der Waals surface area contributed by atoms with Crippen LogP contribution in [0.1, 0.15) is 50.4 Å². The average molecular weight is 405 g/mol. The van der Waals surface area contributed by atoms with E-state index < -0.39 is 11.7 Å². The molecule has 160 valence electrons. The summed E-state index contributed by atoms with van der Waals surface area (Å²) < 4.78 is 10.3. The Labute approximate surface area is 171 Å². The topological polar surface area (TPSA) is 97.0 Å². The third-order valence-corrected chi connectivity index (χ3v) is 4.48. The molecule has 1 aliphatic rings. The summed E-state index contributed by atoms with van der Waals surface area (Å²) in [6.07, 6.45) is 1.04. The number of piperidine rings is 1. The van der Waals surface area contributed by atoms with Crippen molar-refractivity contribution in [2.45, 2.75) is 51.7 Å². The van der Waals surface area contributed by atoms with E-state index in [9.17, 15) is 14.4 Å². The molecule has 1 heterocycles. The van der Waals surface area contributed by atoms with Gasteiger partial charge in [-0.25, -0.2) is 4.79 Å². The minimum absolute atomic E-state index is 0.0263. The van der Waals surface area contributed by atoms with E-state index >= 15 is 0 Å². The highest BCUT2D eigenvalue weighted by Crippen LogP contribution is 2.18. The Morgan fingerprint density at radius 1 is 1.17 bits per heavy atom. The van der Waals surface area contributed by atoms with Crippen LogP contribution in [0.15, 0.2) is 24.3 Å². The first-order valence-corrected chi connectivity index (χ1v) is 9.87. The summed E-state index contributed by atoms with van der Waals surface area (Å²) in [6.45, 7) is 6.72. The van der Waals surface area contributed by atoms with Crippen molar-refractivity contribution in [3.8, 4) is 5.75 Å². The summed E-state index contributed by atoms with van der Waals surface area (Å²) in [5.74, 6) is 0.492. The summed E-state index contributed by atoms with van der Waals surface area (Å²) in [4.78, 5) is 38.1. The molecule has 0 aliphatic carbocycles. The fraction of sp³-hybridized carbons (Fsp3) is 0.571. The van der Waals surface area contributed by atoms with Gasteiger partial charge >= 0.3 is 6.09 Å². The first-order chi connectivity index (χ1) is 13.7. The van der Waals surface area contributed by atoms with Crippen LogP contribution in [0, 0.1) is 0 Å². The van der Waals surface area contributed by atoms with Crippen molar-refractivity contribution in [3.05, 3.63) is 29.8 Å². The summed E-state index contributed by atoms with van der Waals surface area (Å²) in [5, 5.41) is 5.54. The van der Waals surface area contributed by atoms with Crippen molar-refractivity contribution < 1.29 is 23.9 Å². The molecule has 1 saturated heterocycles. The fourth-order valence-electron chi connectivity index (χ4n) is 3.06. The zero-order valence-electron chi connectivity index (χ0n) is 17.6. The van der Waals surface area contributed by atoms with E-state index in [2.05, 4.69) is 10.6 Å². The van der Waals surface area contributed by atoms with Crippen LogP contribution < -0.4 is 15.4 Å². The average Bonchev–Trinajstić information content (AvgIpc) is 2.66. The molecule has 1 aliphatic heterocycles. The molecule has 1 aromatic carbocycles. The number of carbonyl (C=O) groups is 3. The van der Waals surface area contributed by atoms with Gasteiger partial charge in [0.1, 0.15) is 11.4 Å². The molecular formula is C21H31N3O5. The van der Waals surface area contributed by atoms with Gasteiger partial charge in [-0.1, -0.05) is 6.07 Å². The predicted molar refractivity (Wildman–Crippen MR) is 109 cm³/mol. The normalized spacial score (nSPS) is 14.8. The molecule has 0 aromatic heterocycles. The van der Waals surface area contributed by atoms with Crippen molar-refractivity contribution in [1.82, 2.24) is 15.5 Å². The summed E-state index contributed by atoms with van der Waals surface area (Å²) in [7, 11) is 1.57. The number of hydrogen-bond donors (Lipinski definition) is 2. The van der Waals surface area contributed by atoms with Crippen molar-refractivity contribution >= 4 is 17.9 Å². The number of ether oxygens (including phenoxy) is 2. The SMILES string of the molecule is COc1cccc(C(=O)N2CCC(NC(=O)CCNC(=O)OC(C)(C)C)CC2)c1. The highest BCUT2D eigenvalue weighted by molar-refractivity contribution is 5.94. The molecule has 3 amide bonds. The van der Waals surface area contributed by atoms with Gasteiger partial charge in [-0.15, -0.1) is 0 Å². The molecule has 0 radical (unpaired) electrons. The highest BCUT2D eigenvalue weighted by Gasteiger charge is 2.25. The van der Waals surface area contributed by atoms with Crippen LogP contribution >= 0.6 is 0 Å². The summed E-state index contributed by atoms with van der Waals surface area (Å²) in [5.41, 5.74) is 0.0304. The minimum Gasteiger partial charge on any atom is -0.497 e. The fourth-order valence-corrected chi connectivity index (χ4v) is 3.06. The number of benzene rings is 1. The third kappa shape index (κ3) is 7.63. The Hall–Kier alpha value is -2.77. The summed E-state index contributed by atoms with van der Waals surface area (Å²) in [6, 6.07) is 7.13. The number of methoxy groups -OCH3 is 1. The minimum atomic E-state index is -0.567. The molecule has 0 atom stereocenters. The molecule has 8 heteroatoms. The van der Waals surface area contributed by atoms with Gasteiger partial charge in [0.15, 0.2) is 0 Å². The molecule has 0 bridgehead atoms. The molecule has 29 heavy (non-hydrogen) atoms. The van der Waals surface area contributed by atoms with Crippen LogP contribution in [0.4, 0.5) is 4.79 Å². The van der Waals surface area contributed by atoms with E-state index in [4.69, 9.17) is 9.47 Å². The Morgan fingerprint density at radius 3 is 2.48 bits per heavy atom. The number of nitrogens with one attached hydrogen (secondary N) is 2. The van der Waals surface area contributed by atoms with Gasteiger partial charge in [-0.05, 0) is 51.8 Å². The third-order valence-electron chi connectivity index (χ3n) is 4.48. The number of hydrogen-bond acceptors (Lipinski definition) is 5. The quantitative estimate of drug-likeness (QED) is 0.757. The van der Waals surface area contributed by atoms with E-state index in [0.717, 1.165) is 0 Å². The Balaban J connectivity index is 1.70. The van der Waals surface area contributed by atoms with Gasteiger partial charge in [0.05, 0.1) is 7.11 Å². The molecule has 0 saturated carbocycles. The van der Waals surface area contributed by atoms with Gasteiger partial charge in [0, 0.05) is 37.7 Å². The zero-order valence-corrected chi connectivity index (χ0v) is 17.6. The van der Waals surface area contributed by atoms with Gasteiger partial charge < -0.3 is 25.0 Å². The second-order valence-corrected chi connectivity index (χ2v) is 8.04. The lowest BCUT2D eigenvalue weighted by Gasteiger charge is -2.32. The molecule has 0 spiro atoms. The monoisotopic (exact) mass is 405 g/mol. The van der Waals surface area contributed by atoms with E-state index in [-0.39, 0.29) is 30.8 Å². The molecule has 1 fully saturated rings. The smallest absolute Gasteiger partial charge is 0.407 e. The molecule has 0 unspecified atom stereocenters. The van der Waals surface area contributed by atoms with Gasteiger partial charge in [0.25, 0.3) is 5.91 Å². The van der Waals surface area contributed by atoms with E-state index in [1.807, 2.05) is 0 Å². The predicted octanol–water partition coefficient (Wildman–Crippen LogP) is 2.33. The zero-order chi connectivity index (χ0) is 21.4. The van der Waals surface area contributed by atoms with E-state index in [1.54, 1.807) is 57.0 Å². The van der Waals surface area contributed by atoms with Crippen molar-refractivity contribution in [2.75, 3.05) is 26.7 Å². The van der Waals surface area contributed by atoms with Crippen LogP contribution in [-0.2, 0) is 9.53 Å². The molecule has 2 N–H and O–H groups in total. The van der Waals surface area contributed by atoms with E-state index in [1.165, 1.54) is 0 Å². The maximum absolute atomic E-state index is 12.6. The van der Waals surface area contributed by atoms with Crippen LogP contribution in [0.25, 0.3) is 0 Å². The lowest BCUT2D eigenvalue weighted by atomic mass is 10.0. The number of carbonyl (C=O) groups excluding carboxylic acids is 3. The first kappa shape index (κ1) is 22.5. The first-order valence-electron chi connectivity index (χ1n) is 9.87. The highest BCUT2D eigenvalue weighted by atomic mass is 16.6. The van der Waals surface area contributed by atoms with Crippen molar-refractivity contribution in [3.63, 3.8) is 0 Å². The molecule has 2 rings (SSSR count). The van der Waals surface area contributed by atoms with Crippen LogP contribution in [0.2, 0.25) is 0 Å². The van der Waals surface area contributed by atoms with E-state index in [0.29, 0.717) is 37.2 Å². The number of alkyl carbamates (subject to hydrolysis) is 1. The van der Waals surface area contributed by atoms with Crippen molar-refractivity contribution in [2.24, 2.45) is 0 Å². The molecule has 1 aromatic rings. The Kier molecular flexibility index (Phi) is 7.87. The molecule has 8 nitrogen and oxygen atoms in total. The summed E-state index contributed by atoms with van der Waals surface area (Å²) >= 11 is 0. The standard InChI is InChI=1S/C21H31N3O5/c1-21(2,3)29-20(27)22-11-8-18(25)23-16-9-12-24(13-10-16)19(26)15-6-5-7-17(14-15)28-4/h5-7,14,16H,8-13H2,1-4H3,(H,22,27)(H,23,25). The lowest BCUT2D eigenvalue weighted by Crippen LogP contribution is -2.47. The Bertz CT molecular complexity index is 721. The Morgan fingerprint density at radius 2 is 1.86 bits per heavy atom. The largest absolute Gasteiger partial charge is 0.497 e. The van der Waals surface area contributed by atoms with Gasteiger partial charge in [-0.2, -0.15) is 0 Å². The van der Waals surface area contributed by atoms with Crippen LogP contribution in [0.5, 0.6) is 5.75 Å². The van der Waals surface area contributed by atoms with Gasteiger partial charge in [-0.3, -0.25) is 9.59 Å². The lowest BCUT2D eigenvalue weighted by molar-refractivity contribution is -0.121. The van der Waals surface area contributed by atoms with Gasteiger partial charge in [0.2, 0.25) is 5.91 Å².